The van der Waals surface area contributed by atoms with Crippen LogP contribution in [0.3, 0.4) is 0 Å². The first-order valence-corrected chi connectivity index (χ1v) is 9.07. The highest BCUT2D eigenvalue weighted by Gasteiger charge is 2.39. The predicted molar refractivity (Wildman–Crippen MR) is 97.1 cm³/mol. The van der Waals surface area contributed by atoms with Gasteiger partial charge in [0.1, 0.15) is 6.04 Å². The van der Waals surface area contributed by atoms with Crippen molar-refractivity contribution in [2.45, 2.75) is 57.8 Å². The molecule has 0 aromatic heterocycles. The maximum absolute atomic E-state index is 13.0. The van der Waals surface area contributed by atoms with E-state index < -0.39 is 6.04 Å². The third-order valence-electron chi connectivity index (χ3n) is 5.29. The molecule has 2 aliphatic rings. The molecule has 1 aromatic rings. The van der Waals surface area contributed by atoms with Gasteiger partial charge in [-0.2, -0.15) is 0 Å². The number of benzene rings is 1. The van der Waals surface area contributed by atoms with E-state index in [1.807, 2.05) is 32.0 Å². The summed E-state index contributed by atoms with van der Waals surface area (Å²) in [6.45, 7) is 5.63. The molecule has 0 radical (unpaired) electrons. The third-order valence-corrected chi connectivity index (χ3v) is 5.29. The van der Waals surface area contributed by atoms with Crippen LogP contribution in [0.4, 0.5) is 0 Å². The van der Waals surface area contributed by atoms with Crippen molar-refractivity contribution in [1.29, 1.82) is 0 Å². The van der Waals surface area contributed by atoms with Gasteiger partial charge < -0.3 is 16.0 Å². The Morgan fingerprint density at radius 3 is 2.81 bits per heavy atom. The number of imide groups is 1. The van der Waals surface area contributed by atoms with Crippen molar-refractivity contribution in [3.05, 3.63) is 34.9 Å². The molecular formula is C19H26N4O3. The van der Waals surface area contributed by atoms with Gasteiger partial charge in [-0.05, 0) is 30.9 Å². The lowest BCUT2D eigenvalue weighted by Crippen LogP contribution is -2.52. The van der Waals surface area contributed by atoms with Crippen molar-refractivity contribution in [3.63, 3.8) is 0 Å². The molecule has 26 heavy (non-hydrogen) atoms. The average molecular weight is 358 g/mol. The number of hydrogen-bond acceptors (Lipinski definition) is 5. The fraction of sp³-hybridized carbons (Fsp3) is 0.526. The van der Waals surface area contributed by atoms with Crippen molar-refractivity contribution >= 4 is 17.7 Å². The molecule has 0 saturated carbocycles. The van der Waals surface area contributed by atoms with Gasteiger partial charge >= 0.3 is 0 Å². The average Bonchev–Trinajstić information content (AvgIpc) is 2.92. The van der Waals surface area contributed by atoms with Crippen LogP contribution in [0.25, 0.3) is 0 Å². The van der Waals surface area contributed by atoms with Gasteiger partial charge in [-0.1, -0.05) is 25.1 Å². The number of nitrogens with one attached hydrogen (secondary N) is 2. The standard InChI is InChI=1S/C19H26N4O3/c1-3-19(2,20)11-21-9-12-5-4-6-13-10-23(18(26)16(12)13)14-7-8-15(24)22-17(14)25/h4-6,14,21H,3,7-11,20H2,1-2H3,(H,22,24,25). The first kappa shape index (κ1) is 18.5. The second-order valence-electron chi connectivity index (χ2n) is 7.46. The van der Waals surface area contributed by atoms with Crippen LogP contribution in [0, 0.1) is 0 Å². The maximum atomic E-state index is 13.0. The molecule has 3 amide bonds. The maximum Gasteiger partial charge on any atom is 0.255 e. The Kier molecular flexibility index (Phi) is 5.11. The van der Waals surface area contributed by atoms with Crippen molar-refractivity contribution in [2.75, 3.05) is 6.54 Å². The Labute approximate surface area is 153 Å². The third kappa shape index (κ3) is 3.64. The van der Waals surface area contributed by atoms with E-state index in [-0.39, 0.29) is 29.7 Å². The fourth-order valence-corrected chi connectivity index (χ4v) is 3.44. The van der Waals surface area contributed by atoms with E-state index in [9.17, 15) is 14.4 Å². The normalized spacial score (nSPS) is 22.2. The minimum absolute atomic E-state index is 0.141. The van der Waals surface area contributed by atoms with Crippen molar-refractivity contribution < 1.29 is 14.4 Å². The highest BCUT2D eigenvalue weighted by Crippen LogP contribution is 2.29. The molecule has 140 valence electrons. The van der Waals surface area contributed by atoms with Crippen LogP contribution in [0.15, 0.2) is 18.2 Å². The zero-order chi connectivity index (χ0) is 18.9. The van der Waals surface area contributed by atoms with E-state index >= 15 is 0 Å². The van der Waals surface area contributed by atoms with Gasteiger partial charge in [0.2, 0.25) is 11.8 Å². The lowest BCUT2D eigenvalue weighted by atomic mass is 9.99. The Hall–Kier alpha value is -2.25. The second kappa shape index (κ2) is 7.17. The summed E-state index contributed by atoms with van der Waals surface area (Å²) in [5, 5.41) is 5.66. The molecule has 3 rings (SSSR count). The van der Waals surface area contributed by atoms with Gasteiger partial charge in [0.15, 0.2) is 0 Å². The molecule has 0 spiro atoms. The summed E-state index contributed by atoms with van der Waals surface area (Å²) in [5.41, 5.74) is 8.36. The van der Waals surface area contributed by atoms with Gasteiger partial charge in [-0.15, -0.1) is 0 Å². The number of nitrogens with zero attached hydrogens (tertiary/aromatic N) is 1. The van der Waals surface area contributed by atoms with E-state index in [4.69, 9.17) is 5.73 Å². The van der Waals surface area contributed by atoms with Gasteiger partial charge in [0.25, 0.3) is 5.91 Å². The van der Waals surface area contributed by atoms with E-state index in [1.54, 1.807) is 4.90 Å². The smallest absolute Gasteiger partial charge is 0.255 e. The molecule has 1 saturated heterocycles. The molecular weight excluding hydrogens is 332 g/mol. The predicted octanol–water partition coefficient (Wildman–Crippen LogP) is 0.665. The Morgan fingerprint density at radius 2 is 2.12 bits per heavy atom. The molecule has 2 heterocycles. The number of piperidine rings is 1. The number of rotatable bonds is 6. The fourth-order valence-electron chi connectivity index (χ4n) is 3.44. The van der Waals surface area contributed by atoms with Crippen LogP contribution in [0.5, 0.6) is 0 Å². The summed E-state index contributed by atoms with van der Waals surface area (Å²) in [6.07, 6.45) is 1.49. The largest absolute Gasteiger partial charge is 0.324 e. The lowest BCUT2D eigenvalue weighted by Gasteiger charge is -2.29. The number of carbonyl (C=O) groups excluding carboxylic acids is 3. The Balaban J connectivity index is 1.74. The Morgan fingerprint density at radius 1 is 1.35 bits per heavy atom. The van der Waals surface area contributed by atoms with Gasteiger partial charge in [-0.25, -0.2) is 0 Å². The quantitative estimate of drug-likeness (QED) is 0.648. The molecule has 7 nitrogen and oxygen atoms in total. The first-order chi connectivity index (χ1) is 12.3. The monoisotopic (exact) mass is 358 g/mol. The summed E-state index contributed by atoms with van der Waals surface area (Å²) in [4.78, 5) is 38.0. The van der Waals surface area contributed by atoms with Crippen molar-refractivity contribution in [3.8, 4) is 0 Å². The Bertz CT molecular complexity index is 744. The summed E-state index contributed by atoms with van der Waals surface area (Å²) in [6, 6.07) is 5.19. The van der Waals surface area contributed by atoms with Crippen LogP contribution in [-0.4, -0.2) is 40.7 Å². The molecule has 2 atom stereocenters. The van der Waals surface area contributed by atoms with Crippen LogP contribution < -0.4 is 16.4 Å². The zero-order valence-corrected chi connectivity index (χ0v) is 15.3. The number of carbonyl (C=O) groups is 3. The number of amides is 3. The van der Waals surface area contributed by atoms with Gasteiger partial charge in [0.05, 0.1) is 0 Å². The van der Waals surface area contributed by atoms with Crippen LogP contribution in [0.1, 0.15) is 54.6 Å². The molecule has 1 fully saturated rings. The summed E-state index contributed by atoms with van der Waals surface area (Å²) in [5.74, 6) is -0.803. The number of nitrogens with two attached hydrogens (primary N) is 1. The summed E-state index contributed by atoms with van der Waals surface area (Å²) < 4.78 is 0. The van der Waals surface area contributed by atoms with E-state index in [1.165, 1.54) is 0 Å². The SMILES string of the molecule is CCC(C)(N)CNCc1cccc2c1C(=O)N(C1CCC(=O)NC1=O)C2. The van der Waals surface area contributed by atoms with Crippen LogP contribution >= 0.6 is 0 Å². The summed E-state index contributed by atoms with van der Waals surface area (Å²) in [7, 11) is 0. The molecule has 1 aromatic carbocycles. The minimum atomic E-state index is -0.583. The molecule has 2 unspecified atom stereocenters. The topological polar surface area (TPSA) is 105 Å². The molecule has 4 N–H and O–H groups in total. The highest BCUT2D eigenvalue weighted by molar-refractivity contribution is 6.05. The van der Waals surface area contributed by atoms with E-state index in [0.717, 1.165) is 17.5 Å². The first-order valence-electron chi connectivity index (χ1n) is 9.07. The molecule has 0 aliphatic carbocycles. The van der Waals surface area contributed by atoms with Crippen molar-refractivity contribution in [2.24, 2.45) is 5.73 Å². The lowest BCUT2D eigenvalue weighted by molar-refractivity contribution is -0.136. The highest BCUT2D eigenvalue weighted by atomic mass is 16.2. The van der Waals surface area contributed by atoms with Gasteiger partial charge in [-0.3, -0.25) is 19.7 Å². The molecule has 2 aliphatic heterocycles. The number of hydrogen-bond donors (Lipinski definition) is 3. The van der Waals surface area contributed by atoms with Crippen molar-refractivity contribution in [1.82, 2.24) is 15.5 Å². The minimum Gasteiger partial charge on any atom is -0.324 e. The number of fused-ring (bicyclic) bond motifs is 1. The van der Waals surface area contributed by atoms with Gasteiger partial charge in [0, 0.05) is 37.2 Å². The second-order valence-corrected chi connectivity index (χ2v) is 7.46. The van der Waals surface area contributed by atoms with Crippen LogP contribution in [-0.2, 0) is 22.7 Å². The van der Waals surface area contributed by atoms with E-state index in [0.29, 0.717) is 31.6 Å². The molecule has 7 heteroatoms. The van der Waals surface area contributed by atoms with E-state index in [2.05, 4.69) is 10.6 Å². The molecule has 0 bridgehead atoms. The summed E-state index contributed by atoms with van der Waals surface area (Å²) >= 11 is 0. The van der Waals surface area contributed by atoms with Crippen LogP contribution in [0.2, 0.25) is 0 Å². The zero-order valence-electron chi connectivity index (χ0n) is 15.3.